The van der Waals surface area contributed by atoms with Gasteiger partial charge >= 0.3 is 18.7 Å². The van der Waals surface area contributed by atoms with Crippen LogP contribution < -0.4 is 15.6 Å². The Bertz CT molecular complexity index is 1870. The number of halogens is 5. The summed E-state index contributed by atoms with van der Waals surface area (Å²) in [5.41, 5.74) is -0.437. The third-order valence-corrected chi connectivity index (χ3v) is 9.22. The molecule has 51 heavy (non-hydrogen) atoms. The number of guanidine groups is 1. The molecule has 2 fully saturated rings. The predicted molar refractivity (Wildman–Crippen MR) is 183 cm³/mol. The summed E-state index contributed by atoms with van der Waals surface area (Å²) in [6.07, 6.45) is 5.93. The van der Waals surface area contributed by atoms with E-state index < -0.39 is 48.2 Å². The second-order valence-electron chi connectivity index (χ2n) is 13.9. The van der Waals surface area contributed by atoms with Crippen LogP contribution in [0.4, 0.5) is 28.0 Å². The maximum absolute atomic E-state index is 14.9. The van der Waals surface area contributed by atoms with Gasteiger partial charge in [0.1, 0.15) is 18.5 Å². The van der Waals surface area contributed by atoms with E-state index in [2.05, 4.69) is 25.8 Å². The van der Waals surface area contributed by atoms with E-state index in [0.717, 1.165) is 30.5 Å². The summed E-state index contributed by atoms with van der Waals surface area (Å²) in [5.74, 6) is -0.872. The molecule has 3 aliphatic rings. The summed E-state index contributed by atoms with van der Waals surface area (Å²) in [6.45, 7) is 2.56. The van der Waals surface area contributed by atoms with E-state index in [1.165, 1.54) is 30.6 Å². The number of nitrogens with zero attached hydrogens (tertiary/aromatic N) is 6. The van der Waals surface area contributed by atoms with E-state index in [-0.39, 0.29) is 34.7 Å². The van der Waals surface area contributed by atoms with Crippen molar-refractivity contribution in [2.75, 3.05) is 11.6 Å². The van der Waals surface area contributed by atoms with Gasteiger partial charge in [0, 0.05) is 17.8 Å². The Morgan fingerprint density at radius 2 is 1.88 bits per heavy atom. The van der Waals surface area contributed by atoms with Crippen LogP contribution in [0.3, 0.4) is 0 Å². The van der Waals surface area contributed by atoms with Crippen molar-refractivity contribution in [3.63, 3.8) is 0 Å². The Kier molecular flexibility index (Phi) is 9.57. The Balaban J connectivity index is 1.38. The molecule has 1 aliphatic carbocycles. The van der Waals surface area contributed by atoms with Crippen molar-refractivity contribution in [2.45, 2.75) is 76.7 Å². The van der Waals surface area contributed by atoms with Gasteiger partial charge in [-0.25, -0.2) is 14.5 Å². The maximum atomic E-state index is 14.9. The topological polar surface area (TPSA) is 140 Å². The first-order valence-corrected chi connectivity index (χ1v) is 16.6. The van der Waals surface area contributed by atoms with Crippen LogP contribution in [-0.2, 0) is 15.1 Å². The fourth-order valence-corrected chi connectivity index (χ4v) is 6.57. The highest BCUT2D eigenvalue weighted by atomic mass is 35.5. The molecule has 17 heteroatoms. The number of carbonyl (C=O) groups is 2. The first kappa shape index (κ1) is 35.8. The van der Waals surface area contributed by atoms with E-state index in [9.17, 15) is 27.2 Å². The van der Waals surface area contributed by atoms with Gasteiger partial charge in [0.25, 0.3) is 5.91 Å². The summed E-state index contributed by atoms with van der Waals surface area (Å²) >= 11 is 6.39. The van der Waals surface area contributed by atoms with Crippen LogP contribution in [0.2, 0.25) is 5.02 Å². The van der Waals surface area contributed by atoms with Gasteiger partial charge in [0.15, 0.2) is 5.96 Å². The Labute approximate surface area is 296 Å². The molecule has 3 aromatic rings. The summed E-state index contributed by atoms with van der Waals surface area (Å²) in [4.78, 5) is 32.3. The van der Waals surface area contributed by atoms with E-state index in [0.29, 0.717) is 32.6 Å². The van der Waals surface area contributed by atoms with Crippen LogP contribution in [-0.4, -0.2) is 63.9 Å². The lowest BCUT2D eigenvalue weighted by Gasteiger charge is -2.35. The third-order valence-electron chi connectivity index (χ3n) is 8.90. The number of nitrogens with one attached hydrogen (secondary N) is 3. The highest BCUT2D eigenvalue weighted by Gasteiger charge is 2.54. The van der Waals surface area contributed by atoms with Crippen molar-refractivity contribution in [3.05, 3.63) is 71.0 Å². The number of aromatic nitrogens is 2. The second-order valence-corrected chi connectivity index (χ2v) is 14.3. The van der Waals surface area contributed by atoms with Gasteiger partial charge < -0.3 is 15.4 Å². The quantitative estimate of drug-likeness (QED) is 0.151. The van der Waals surface area contributed by atoms with Crippen LogP contribution in [0.25, 0.3) is 11.1 Å². The fourth-order valence-electron chi connectivity index (χ4n) is 6.37. The number of hydrogen-bond acceptors (Lipinski definition) is 8. The molecule has 3 N–H and O–H groups in total. The van der Waals surface area contributed by atoms with Crippen molar-refractivity contribution in [2.24, 2.45) is 15.5 Å². The van der Waals surface area contributed by atoms with Gasteiger partial charge in [0.2, 0.25) is 0 Å². The molecule has 1 saturated carbocycles. The summed E-state index contributed by atoms with van der Waals surface area (Å²) in [7, 11) is 0. The number of hydrogen-bond donors (Lipinski definition) is 3. The van der Waals surface area contributed by atoms with E-state index >= 15 is 0 Å². The van der Waals surface area contributed by atoms with Gasteiger partial charge in [-0.05, 0) is 59.9 Å². The smallest absolute Gasteiger partial charge is 0.407 e. The average molecular weight is 730 g/mol. The minimum atomic E-state index is -3.63. The Morgan fingerprint density at radius 3 is 2.49 bits per heavy atom. The molecule has 12 nitrogen and oxygen atoms in total. The largest absolute Gasteiger partial charge is 0.447 e. The van der Waals surface area contributed by atoms with Crippen LogP contribution >= 0.6 is 11.6 Å². The van der Waals surface area contributed by atoms with Crippen LogP contribution in [0.1, 0.15) is 70.2 Å². The van der Waals surface area contributed by atoms with E-state index in [1.54, 1.807) is 24.3 Å². The molecule has 270 valence electrons. The minimum absolute atomic E-state index is 0.0422. The number of hydrazone groups is 1. The lowest BCUT2D eigenvalue weighted by atomic mass is 9.75. The normalized spacial score (nSPS) is 20.8. The summed E-state index contributed by atoms with van der Waals surface area (Å²) in [5, 5.41) is 22.7. The number of ether oxygens (including phenoxy) is 1. The van der Waals surface area contributed by atoms with Crippen LogP contribution in [0.15, 0.2) is 65.0 Å². The predicted octanol–water partition coefficient (Wildman–Crippen LogP) is 7.04. The third kappa shape index (κ3) is 7.27. The molecule has 2 amide bonds. The lowest BCUT2D eigenvalue weighted by Crippen LogP contribution is -2.47. The van der Waals surface area contributed by atoms with Crippen molar-refractivity contribution >= 4 is 47.8 Å². The molecule has 0 spiro atoms. The molecular formula is C34H36ClF4N9O3. The second kappa shape index (κ2) is 13.6. The van der Waals surface area contributed by atoms with E-state index in [1.807, 2.05) is 20.8 Å². The van der Waals surface area contributed by atoms with Crippen molar-refractivity contribution in [1.29, 1.82) is 5.41 Å². The van der Waals surface area contributed by atoms with Gasteiger partial charge in [-0.2, -0.15) is 32.8 Å². The highest BCUT2D eigenvalue weighted by Crippen LogP contribution is 2.44. The molecule has 0 bridgehead atoms. The SMILES string of the molecule is CC(C)(C)C[C@]1(c2ccc(-c3cnn(C(F)F)c3)cc2)NC(=N)N([C@H](COC(=O)NC2CCC2)c2ccc(Cl)c(N3N=CN=CC3(F)F)c2)C1=O. The highest BCUT2D eigenvalue weighted by molar-refractivity contribution is 6.33. The number of rotatable bonds is 10. The molecule has 0 unspecified atom stereocenters. The zero-order valence-electron chi connectivity index (χ0n) is 27.9. The zero-order chi connectivity index (χ0) is 36.7. The minimum Gasteiger partial charge on any atom is -0.447 e. The standard InChI is InChI=1S/C34H36ClF4N9O3/c1-32(2,3)17-33(23-10-7-20(8-11-23)22-14-42-46(15-22)29(36)37)28(49)47(30(40)45-33)27(16-51-31(50)44-24-5-4-6-24)21-9-12-25(35)26(13-21)48-34(38,39)18-41-19-43-48/h7-15,18-19,24,27,29H,4-6,16-17H2,1-3H3,(H2,40,45)(H,44,50)/t27-,33-/m1/s1. The molecule has 2 aromatic carbocycles. The summed E-state index contributed by atoms with van der Waals surface area (Å²) < 4.78 is 62.3. The zero-order valence-corrected chi connectivity index (χ0v) is 28.7. The molecule has 1 aromatic heterocycles. The molecule has 2 aliphatic heterocycles. The molecule has 3 heterocycles. The van der Waals surface area contributed by atoms with Crippen LogP contribution in [0, 0.1) is 10.8 Å². The monoisotopic (exact) mass is 729 g/mol. The Hall–Kier alpha value is -4.99. The van der Waals surface area contributed by atoms with Gasteiger partial charge in [-0.15, -0.1) is 0 Å². The number of carbonyl (C=O) groups excluding carboxylic acids is 2. The number of benzene rings is 2. The number of amides is 2. The van der Waals surface area contributed by atoms with E-state index in [4.69, 9.17) is 21.7 Å². The first-order valence-electron chi connectivity index (χ1n) is 16.2. The lowest BCUT2D eigenvalue weighted by molar-refractivity contribution is -0.134. The van der Waals surface area contributed by atoms with Crippen molar-refractivity contribution < 1.29 is 31.9 Å². The summed E-state index contributed by atoms with van der Waals surface area (Å²) in [6, 6.07) is 6.04. The number of alkyl halides is 4. The van der Waals surface area contributed by atoms with Crippen LogP contribution in [0.5, 0.6) is 0 Å². The van der Waals surface area contributed by atoms with Crippen molar-refractivity contribution in [1.82, 2.24) is 25.3 Å². The number of anilines is 1. The molecule has 2 atom stereocenters. The molecule has 0 radical (unpaired) electrons. The Morgan fingerprint density at radius 1 is 1.16 bits per heavy atom. The molecule has 6 rings (SSSR count). The van der Waals surface area contributed by atoms with Gasteiger partial charge in [0.05, 0.1) is 29.2 Å². The number of alkyl carbamates (subject to hydrolysis) is 1. The van der Waals surface area contributed by atoms with Crippen molar-refractivity contribution in [3.8, 4) is 11.1 Å². The average Bonchev–Trinajstić information content (AvgIpc) is 3.63. The fraction of sp³-hybridized carbons (Fsp3) is 0.412. The number of aliphatic imine (C=N–C) groups is 1. The van der Waals surface area contributed by atoms with Gasteiger partial charge in [-0.3, -0.25) is 15.1 Å². The molecular weight excluding hydrogens is 694 g/mol. The molecule has 1 saturated heterocycles. The van der Waals surface area contributed by atoms with Gasteiger partial charge in [-0.1, -0.05) is 62.7 Å². The first-order chi connectivity index (χ1) is 24.1. The maximum Gasteiger partial charge on any atom is 0.407 e.